The summed E-state index contributed by atoms with van der Waals surface area (Å²) in [6.45, 7) is 9.56. The van der Waals surface area contributed by atoms with E-state index in [1.165, 1.54) is 12.3 Å². The van der Waals surface area contributed by atoms with Gasteiger partial charge in [0.2, 0.25) is 0 Å². The first-order chi connectivity index (χ1) is 43.3. The molecule has 0 saturated carbocycles. The molecular formula is C69H58N4O. The van der Waals surface area contributed by atoms with Crippen LogP contribution in [0.2, 0.25) is 0 Å². The second-order valence-corrected chi connectivity index (χ2v) is 20.2. The molecule has 12 aromatic rings. The summed E-state index contributed by atoms with van der Waals surface area (Å²) in [7, 11) is 0. The van der Waals surface area contributed by atoms with Crippen LogP contribution < -0.4 is 9.30 Å². The summed E-state index contributed by atoms with van der Waals surface area (Å²) in [6.07, 6.45) is 4.89. The van der Waals surface area contributed by atoms with Gasteiger partial charge in [-0.2, -0.15) is 0 Å². The lowest BCUT2D eigenvalue weighted by Gasteiger charge is -2.28. The molecule has 0 saturated heterocycles. The Morgan fingerprint density at radius 2 is 1.22 bits per heavy atom. The van der Waals surface area contributed by atoms with Crippen LogP contribution in [0.4, 0.5) is 0 Å². The zero-order valence-electron chi connectivity index (χ0n) is 59.4. The van der Waals surface area contributed by atoms with Crippen LogP contribution in [0.25, 0.3) is 94.5 Å². The molecule has 0 aliphatic carbocycles. The van der Waals surface area contributed by atoms with Crippen molar-refractivity contribution in [3.05, 3.63) is 247 Å². The van der Waals surface area contributed by atoms with E-state index in [4.69, 9.17) is 34.4 Å². The van der Waals surface area contributed by atoms with Gasteiger partial charge in [-0.1, -0.05) is 199 Å². The van der Waals surface area contributed by atoms with Gasteiger partial charge in [-0.15, -0.1) is 0 Å². The van der Waals surface area contributed by atoms with Crippen molar-refractivity contribution >= 4 is 32.8 Å². The first-order valence-electron chi connectivity index (χ1n) is 33.1. The standard InChI is InChI=1S/C69H58N4O/c1-46-37-66(70-44-60(46)49-25-15-10-16-26-49)73-62-32-18-17-31-57(62)58-35-34-56(43-64(58)73)74-55-30-20-29-54(42-55)71-45-72(63-36-33-50(41-65(63)71)47-21-11-8-12-22-47)67-59(51-27-19-28-53(38-51)68(2,3)4)39-52(40-61(67)69(5,6)7)48-23-13-9-14-24-48/h8-44H,1-7H3/i1D3,8D,9D,10D,11D,12D,13D,14D,15D,16D,21D,22D,23D,24D,25D,26D. The molecule has 5 nitrogen and oxygen atoms in total. The minimum Gasteiger partial charge on any atom is -0.458 e. The van der Waals surface area contributed by atoms with E-state index in [9.17, 15) is 0 Å². The van der Waals surface area contributed by atoms with Gasteiger partial charge < -0.3 is 4.74 Å². The molecule has 3 aromatic heterocycles. The fourth-order valence-electron chi connectivity index (χ4n) is 9.61. The Morgan fingerprint density at radius 1 is 0.527 bits per heavy atom. The molecule has 0 bridgehead atoms. The van der Waals surface area contributed by atoms with Gasteiger partial charge in [0.05, 0.1) is 54.0 Å². The number of pyridine rings is 1. The lowest BCUT2D eigenvalue weighted by Crippen LogP contribution is -2.35. The van der Waals surface area contributed by atoms with E-state index in [0.717, 1.165) is 21.9 Å². The predicted octanol–water partition coefficient (Wildman–Crippen LogP) is 17.6. The van der Waals surface area contributed by atoms with E-state index in [2.05, 4.69) is 33.2 Å². The van der Waals surface area contributed by atoms with Gasteiger partial charge in [0.25, 0.3) is 6.33 Å². The van der Waals surface area contributed by atoms with Gasteiger partial charge in [0.1, 0.15) is 17.3 Å². The van der Waals surface area contributed by atoms with Crippen molar-refractivity contribution in [2.75, 3.05) is 0 Å². The Morgan fingerprint density at radius 3 is 1.95 bits per heavy atom. The van der Waals surface area contributed by atoms with Gasteiger partial charge in [-0.3, -0.25) is 13.7 Å². The molecule has 3 heterocycles. The molecular weight excluding hydrogens is 901 g/mol. The summed E-state index contributed by atoms with van der Waals surface area (Å²) in [4.78, 5) is 4.72. The van der Waals surface area contributed by atoms with E-state index >= 15 is 0 Å². The molecule has 5 heteroatoms. The summed E-state index contributed by atoms with van der Waals surface area (Å²) >= 11 is 0. The highest BCUT2D eigenvalue weighted by Crippen LogP contribution is 2.41. The second-order valence-electron chi connectivity index (χ2n) is 20.2. The van der Waals surface area contributed by atoms with E-state index in [1.54, 1.807) is 57.7 Å². The van der Waals surface area contributed by atoms with E-state index in [0.29, 0.717) is 67.2 Å². The summed E-state index contributed by atoms with van der Waals surface area (Å²) < 4.78 is 168. The molecule has 0 atom stereocenters. The zero-order chi connectivity index (χ0) is 66.3. The average Bonchev–Trinajstić information content (AvgIpc) is 1.44. The monoisotopic (exact) mass is 977 g/mol. The number of hydrogen-bond acceptors (Lipinski definition) is 2. The largest absolute Gasteiger partial charge is 0.458 e. The highest BCUT2D eigenvalue weighted by molar-refractivity contribution is 6.09. The SMILES string of the molecule is [2H]c1c([2H])c([2H])c(-c2cc(-c3cccc(C(C)(C)C)c3)c(-[n+]3[c-]n(-c4cccc(Oc5ccc6c7ccccc7n(-c7cc(C([2H])([2H])[2H])c(-c8c([2H])c([2H])c([2H])c([2H])c8[2H])cn7)c6c5)c4)c4cc(-c5c([2H])c([2H])c([2H])c([2H])c5[2H])ccc43)c(C(C)(C)C)c2)c([2H])c1[2H]. The van der Waals surface area contributed by atoms with Crippen LogP contribution in [0.1, 0.15) is 82.9 Å². The van der Waals surface area contributed by atoms with Crippen LogP contribution in [-0.2, 0) is 10.8 Å². The first kappa shape index (κ1) is 30.3. The topological polar surface area (TPSA) is 35.9 Å². The first-order valence-corrected chi connectivity index (χ1v) is 24.1. The minimum absolute atomic E-state index is 0.0186. The van der Waals surface area contributed by atoms with Crippen LogP contribution >= 0.6 is 0 Å². The third-order valence-corrected chi connectivity index (χ3v) is 13.3. The Kier molecular flexibility index (Phi) is 7.51. The summed E-state index contributed by atoms with van der Waals surface area (Å²) in [5, 5.41) is 1.57. The normalized spacial score (nSPS) is 15.6. The molecule has 0 spiro atoms. The third-order valence-electron chi connectivity index (χ3n) is 13.3. The number of ether oxygens (including phenoxy) is 1. The second kappa shape index (κ2) is 18.4. The number of fused-ring (bicyclic) bond motifs is 4. The Hall–Kier alpha value is -8.80. The maximum absolute atomic E-state index is 9.15. The number of para-hydroxylation sites is 1. The lowest BCUT2D eigenvalue weighted by atomic mass is 9.80. The lowest BCUT2D eigenvalue weighted by molar-refractivity contribution is -0.572. The molecule has 0 aliphatic heterocycles. The minimum atomic E-state index is -2.82. The van der Waals surface area contributed by atoms with Crippen molar-refractivity contribution in [1.82, 2.24) is 14.1 Å². The number of benzene rings is 9. The van der Waals surface area contributed by atoms with E-state index in [1.807, 2.05) is 92.1 Å². The predicted molar refractivity (Wildman–Crippen MR) is 306 cm³/mol. The summed E-state index contributed by atoms with van der Waals surface area (Å²) in [5.41, 5.74) is 5.57. The average molecular weight is 977 g/mol. The van der Waals surface area contributed by atoms with Gasteiger partial charge in [0.15, 0.2) is 0 Å². The Balaban J connectivity index is 1.07. The fourth-order valence-corrected chi connectivity index (χ4v) is 9.61. The van der Waals surface area contributed by atoms with Crippen LogP contribution in [0, 0.1) is 13.2 Å². The molecule has 9 aromatic carbocycles. The number of aromatic nitrogens is 4. The van der Waals surface area contributed by atoms with E-state index < -0.39 is 90.8 Å². The van der Waals surface area contributed by atoms with Crippen LogP contribution in [0.15, 0.2) is 224 Å². The highest BCUT2D eigenvalue weighted by Gasteiger charge is 2.27. The molecule has 0 unspecified atom stereocenters. The quantitative estimate of drug-likeness (QED) is 0.107. The number of aryl methyl sites for hydroxylation is 1. The van der Waals surface area contributed by atoms with Crippen molar-refractivity contribution in [1.29, 1.82) is 0 Å². The van der Waals surface area contributed by atoms with Crippen molar-refractivity contribution in [2.45, 2.75) is 59.2 Å². The van der Waals surface area contributed by atoms with Gasteiger partial charge in [0, 0.05) is 32.7 Å². The molecule has 74 heavy (non-hydrogen) atoms. The molecule has 12 rings (SSSR count). The maximum Gasteiger partial charge on any atom is 0.269 e. The molecule has 360 valence electrons. The highest BCUT2D eigenvalue weighted by atomic mass is 16.5. The smallest absolute Gasteiger partial charge is 0.269 e. The fraction of sp³-hybridized carbons (Fsp3) is 0.130. The van der Waals surface area contributed by atoms with E-state index in [-0.39, 0.29) is 51.1 Å². The van der Waals surface area contributed by atoms with Gasteiger partial charge >= 0.3 is 0 Å². The molecule has 0 N–H and O–H groups in total. The van der Waals surface area contributed by atoms with Crippen molar-refractivity contribution in [2.24, 2.45) is 0 Å². The van der Waals surface area contributed by atoms with Crippen molar-refractivity contribution in [3.63, 3.8) is 0 Å². The number of rotatable bonds is 9. The molecule has 0 fully saturated rings. The Bertz CT molecular complexity index is 5030. The third kappa shape index (κ3) is 8.54. The van der Waals surface area contributed by atoms with Crippen molar-refractivity contribution < 1.29 is 34.0 Å². The maximum atomic E-state index is 9.15. The zero-order valence-corrected chi connectivity index (χ0v) is 41.4. The summed E-state index contributed by atoms with van der Waals surface area (Å²) in [5.74, 6) is 0.894. The molecule has 0 aliphatic rings. The van der Waals surface area contributed by atoms with Gasteiger partial charge in [-0.25, -0.2) is 4.98 Å². The van der Waals surface area contributed by atoms with Crippen LogP contribution in [0.5, 0.6) is 11.5 Å². The van der Waals surface area contributed by atoms with Crippen molar-refractivity contribution in [3.8, 4) is 73.2 Å². The Labute approximate surface area is 459 Å². The van der Waals surface area contributed by atoms with Crippen LogP contribution in [-0.4, -0.2) is 14.1 Å². The summed E-state index contributed by atoms with van der Waals surface area (Å²) in [6, 6.07) is 31.0. The molecule has 0 radical (unpaired) electrons. The van der Waals surface area contributed by atoms with Crippen LogP contribution in [0.3, 0.4) is 0 Å². The number of imidazole rings is 1. The number of nitrogens with zero attached hydrogens (tertiary/aromatic N) is 4. The molecule has 0 amide bonds. The number of hydrogen-bond donors (Lipinski definition) is 0. The van der Waals surface area contributed by atoms with Gasteiger partial charge in [-0.05, 0) is 128 Å².